The minimum absolute atomic E-state index is 0.129. The van der Waals surface area contributed by atoms with Crippen LogP contribution in [0.3, 0.4) is 0 Å². The van der Waals surface area contributed by atoms with Crippen LogP contribution < -0.4 is 5.32 Å². The van der Waals surface area contributed by atoms with E-state index in [0.29, 0.717) is 18.5 Å². The van der Waals surface area contributed by atoms with E-state index >= 15 is 0 Å². The van der Waals surface area contributed by atoms with E-state index in [2.05, 4.69) is 11.4 Å². The molecule has 27 heavy (non-hydrogen) atoms. The predicted molar refractivity (Wildman–Crippen MR) is 96.6 cm³/mol. The van der Waals surface area contributed by atoms with Gasteiger partial charge in [-0.15, -0.1) is 0 Å². The first-order valence-electron chi connectivity index (χ1n) is 8.56. The molecule has 1 aromatic carbocycles. The summed E-state index contributed by atoms with van der Waals surface area (Å²) in [6.45, 7) is 2.42. The SMILES string of the molecule is COC(=O)C1=COC(OC)C2C(C)=CCC12.O=CNCc1cccc(F)c1. The fourth-order valence-corrected chi connectivity index (χ4v) is 3.28. The van der Waals surface area contributed by atoms with Crippen LogP contribution in [0.25, 0.3) is 0 Å². The Morgan fingerprint density at radius 2 is 2.19 bits per heavy atom. The van der Waals surface area contributed by atoms with Crippen LogP contribution in [0.4, 0.5) is 4.39 Å². The summed E-state index contributed by atoms with van der Waals surface area (Å²) in [5.41, 5.74) is 2.58. The number of rotatable bonds is 5. The number of methoxy groups -OCH3 is 2. The van der Waals surface area contributed by atoms with Crippen molar-refractivity contribution in [1.29, 1.82) is 0 Å². The molecule has 3 atom stereocenters. The number of hydrogen-bond donors (Lipinski definition) is 1. The van der Waals surface area contributed by atoms with Crippen molar-refractivity contribution in [3.05, 3.63) is 59.1 Å². The normalized spacial score (nSPS) is 22.9. The maximum Gasteiger partial charge on any atom is 0.337 e. The Bertz CT molecular complexity index is 731. The molecule has 0 fully saturated rings. The molecule has 3 rings (SSSR count). The van der Waals surface area contributed by atoms with Crippen molar-refractivity contribution in [2.75, 3.05) is 14.2 Å². The highest BCUT2D eigenvalue weighted by Gasteiger charge is 2.42. The lowest BCUT2D eigenvalue weighted by atomic mass is 9.84. The lowest BCUT2D eigenvalue weighted by Crippen LogP contribution is -2.35. The summed E-state index contributed by atoms with van der Waals surface area (Å²) in [5.74, 6) is -0.335. The number of allylic oxidation sites excluding steroid dienone is 1. The van der Waals surface area contributed by atoms with E-state index in [1.807, 2.05) is 6.92 Å². The van der Waals surface area contributed by atoms with E-state index in [4.69, 9.17) is 14.2 Å². The van der Waals surface area contributed by atoms with Crippen LogP contribution in [0.1, 0.15) is 18.9 Å². The number of halogens is 1. The number of carbonyl (C=O) groups is 2. The molecule has 1 aliphatic carbocycles. The highest BCUT2D eigenvalue weighted by atomic mass is 19.1. The van der Waals surface area contributed by atoms with E-state index in [1.54, 1.807) is 19.2 Å². The topological polar surface area (TPSA) is 73.9 Å². The number of hydrogen-bond acceptors (Lipinski definition) is 5. The van der Waals surface area contributed by atoms with Gasteiger partial charge in [0.2, 0.25) is 12.7 Å². The summed E-state index contributed by atoms with van der Waals surface area (Å²) in [6.07, 6.45) is 4.75. The minimum Gasteiger partial charge on any atom is -0.471 e. The molecule has 6 nitrogen and oxygen atoms in total. The molecule has 0 aromatic heterocycles. The number of esters is 1. The van der Waals surface area contributed by atoms with Gasteiger partial charge in [0.05, 0.1) is 18.9 Å². The Balaban J connectivity index is 0.000000208. The van der Waals surface area contributed by atoms with Gasteiger partial charge in [0, 0.05) is 25.5 Å². The van der Waals surface area contributed by atoms with Crippen molar-refractivity contribution < 1.29 is 28.2 Å². The number of ether oxygens (including phenoxy) is 3. The molecule has 0 saturated heterocycles. The summed E-state index contributed by atoms with van der Waals surface area (Å²) < 4.78 is 27.9. The van der Waals surface area contributed by atoms with Crippen molar-refractivity contribution in [1.82, 2.24) is 5.32 Å². The smallest absolute Gasteiger partial charge is 0.337 e. The fraction of sp³-hybridized carbons (Fsp3) is 0.400. The van der Waals surface area contributed by atoms with Gasteiger partial charge in [-0.2, -0.15) is 0 Å². The third-order valence-electron chi connectivity index (χ3n) is 4.61. The van der Waals surface area contributed by atoms with Crippen molar-refractivity contribution >= 4 is 12.4 Å². The summed E-state index contributed by atoms with van der Waals surface area (Å²) in [5, 5.41) is 2.44. The minimum atomic E-state index is -0.312. The lowest BCUT2D eigenvalue weighted by molar-refractivity contribution is -0.146. The van der Waals surface area contributed by atoms with E-state index in [0.717, 1.165) is 12.0 Å². The molecule has 3 unspecified atom stereocenters. The summed E-state index contributed by atoms with van der Waals surface area (Å²) in [6, 6.07) is 6.11. The summed E-state index contributed by atoms with van der Waals surface area (Å²) >= 11 is 0. The Labute approximate surface area is 158 Å². The van der Waals surface area contributed by atoms with E-state index in [9.17, 15) is 14.0 Å². The quantitative estimate of drug-likeness (QED) is 0.485. The van der Waals surface area contributed by atoms with Gasteiger partial charge in [0.25, 0.3) is 0 Å². The second-order valence-corrected chi connectivity index (χ2v) is 6.25. The summed E-state index contributed by atoms with van der Waals surface area (Å²) in [7, 11) is 3.00. The van der Waals surface area contributed by atoms with Crippen molar-refractivity contribution in [2.24, 2.45) is 11.8 Å². The molecule has 2 aliphatic rings. The Morgan fingerprint density at radius 3 is 2.81 bits per heavy atom. The van der Waals surface area contributed by atoms with Gasteiger partial charge in [-0.05, 0) is 31.0 Å². The Hall–Kier alpha value is -2.67. The second-order valence-electron chi connectivity index (χ2n) is 6.25. The molecule has 7 heteroatoms. The van der Waals surface area contributed by atoms with E-state index < -0.39 is 0 Å². The average molecular weight is 377 g/mol. The van der Waals surface area contributed by atoms with Crippen molar-refractivity contribution in [3.8, 4) is 0 Å². The van der Waals surface area contributed by atoms with Crippen molar-refractivity contribution in [2.45, 2.75) is 26.2 Å². The van der Waals surface area contributed by atoms with Gasteiger partial charge >= 0.3 is 5.97 Å². The zero-order chi connectivity index (χ0) is 19.8. The standard InChI is InChI=1S/C12H16O4.C8H8FNO/c1-7-4-5-8-9(11(13)14-2)6-16-12(15-3)10(7)8;9-8-3-1-2-7(4-8)5-10-6-11/h4,6,8,10,12H,5H2,1-3H3;1-4,6H,5H2,(H,10,11). The van der Waals surface area contributed by atoms with Crippen LogP contribution in [-0.2, 0) is 30.3 Å². The Kier molecular flexibility index (Phi) is 7.55. The molecule has 0 bridgehead atoms. The highest BCUT2D eigenvalue weighted by molar-refractivity contribution is 5.89. The monoisotopic (exact) mass is 377 g/mol. The van der Waals surface area contributed by atoms with Crippen LogP contribution >= 0.6 is 0 Å². The maximum atomic E-state index is 12.5. The lowest BCUT2D eigenvalue weighted by Gasteiger charge is -2.33. The first kappa shape index (κ1) is 20.6. The molecule has 1 heterocycles. The molecule has 0 radical (unpaired) electrons. The van der Waals surface area contributed by atoms with Crippen LogP contribution in [-0.4, -0.2) is 32.9 Å². The van der Waals surface area contributed by atoms with Gasteiger partial charge < -0.3 is 19.5 Å². The molecular formula is C20H24FNO5. The summed E-state index contributed by atoms with van der Waals surface area (Å²) in [4.78, 5) is 21.4. The van der Waals surface area contributed by atoms with Gasteiger partial charge in [-0.25, -0.2) is 9.18 Å². The highest BCUT2D eigenvalue weighted by Crippen LogP contribution is 2.43. The van der Waals surface area contributed by atoms with Gasteiger partial charge in [0.1, 0.15) is 5.82 Å². The van der Waals surface area contributed by atoms with E-state index in [1.165, 1.54) is 31.1 Å². The van der Waals surface area contributed by atoms with Crippen LogP contribution in [0, 0.1) is 17.7 Å². The zero-order valence-corrected chi connectivity index (χ0v) is 15.6. The molecule has 1 N–H and O–H groups in total. The number of fused-ring (bicyclic) bond motifs is 1. The molecule has 0 saturated carbocycles. The largest absolute Gasteiger partial charge is 0.471 e. The van der Waals surface area contributed by atoms with Crippen molar-refractivity contribution in [3.63, 3.8) is 0 Å². The number of amides is 1. The molecule has 1 aliphatic heterocycles. The Morgan fingerprint density at radius 1 is 1.41 bits per heavy atom. The number of nitrogens with one attached hydrogen (secondary N) is 1. The molecule has 0 spiro atoms. The van der Waals surface area contributed by atoms with Gasteiger partial charge in [0.15, 0.2) is 0 Å². The number of benzene rings is 1. The first-order valence-corrected chi connectivity index (χ1v) is 8.56. The number of carbonyl (C=O) groups excluding carboxylic acids is 2. The second kappa shape index (κ2) is 9.87. The van der Waals surface area contributed by atoms with Crippen LogP contribution in [0.2, 0.25) is 0 Å². The zero-order valence-electron chi connectivity index (χ0n) is 15.6. The fourth-order valence-electron chi connectivity index (χ4n) is 3.28. The third kappa shape index (κ3) is 5.17. The molecular weight excluding hydrogens is 353 g/mol. The molecule has 1 amide bonds. The maximum absolute atomic E-state index is 12.5. The van der Waals surface area contributed by atoms with Gasteiger partial charge in [-0.3, -0.25) is 4.79 Å². The molecule has 1 aromatic rings. The molecule has 146 valence electrons. The predicted octanol–water partition coefficient (Wildman–Crippen LogP) is 2.70. The van der Waals surface area contributed by atoms with Gasteiger partial charge in [-0.1, -0.05) is 23.8 Å². The average Bonchev–Trinajstić information content (AvgIpc) is 3.07. The van der Waals surface area contributed by atoms with E-state index in [-0.39, 0.29) is 29.9 Å². The third-order valence-corrected chi connectivity index (χ3v) is 4.61. The first-order chi connectivity index (χ1) is 13.0. The van der Waals surface area contributed by atoms with Crippen LogP contribution in [0.15, 0.2) is 47.7 Å². The van der Waals surface area contributed by atoms with Crippen LogP contribution in [0.5, 0.6) is 0 Å².